The van der Waals surface area contributed by atoms with E-state index < -0.39 is 5.25 Å². The van der Waals surface area contributed by atoms with E-state index >= 15 is 0 Å². The third kappa shape index (κ3) is 4.63. The van der Waals surface area contributed by atoms with E-state index in [0.29, 0.717) is 28.2 Å². The van der Waals surface area contributed by atoms with Gasteiger partial charge in [0, 0.05) is 11.4 Å². The number of amides is 1. The lowest BCUT2D eigenvalue weighted by molar-refractivity contribution is -0.115. The van der Waals surface area contributed by atoms with Crippen LogP contribution in [0, 0.1) is 17.2 Å². The fourth-order valence-corrected chi connectivity index (χ4v) is 6.79. The van der Waals surface area contributed by atoms with Gasteiger partial charge >= 0.3 is 0 Å². The van der Waals surface area contributed by atoms with E-state index in [1.54, 1.807) is 27.4 Å². The Morgan fingerprint density at radius 1 is 1.34 bits per heavy atom. The fraction of sp³-hybridized carbons (Fsp3) is 0.478. The first-order valence-corrected chi connectivity index (χ1v) is 13.5. The maximum absolute atomic E-state index is 13.6. The maximum atomic E-state index is 13.6. The molecule has 1 aliphatic carbocycles. The molecule has 1 atom stereocenters. The van der Waals surface area contributed by atoms with Gasteiger partial charge in [-0.2, -0.15) is 5.26 Å². The van der Waals surface area contributed by atoms with Gasteiger partial charge in [0.2, 0.25) is 5.91 Å². The van der Waals surface area contributed by atoms with E-state index in [9.17, 15) is 14.9 Å². The fourth-order valence-electron chi connectivity index (χ4n) is 3.81. The molecule has 0 aliphatic heterocycles. The van der Waals surface area contributed by atoms with Crippen LogP contribution in [0.5, 0.6) is 0 Å². The predicted octanol–water partition coefficient (Wildman–Crippen LogP) is 5.44. The Morgan fingerprint density at radius 3 is 2.88 bits per heavy atom. The summed E-state index contributed by atoms with van der Waals surface area (Å²) in [7, 11) is 0. The Hall–Kier alpha value is -2.15. The first-order chi connectivity index (χ1) is 15.4. The lowest BCUT2D eigenvalue weighted by Gasteiger charge is -2.17. The number of aryl methyl sites for hydroxylation is 2. The summed E-state index contributed by atoms with van der Waals surface area (Å²) in [6.45, 7) is 6.67. The van der Waals surface area contributed by atoms with Crippen LogP contribution in [0.4, 0.5) is 5.00 Å². The molecule has 1 unspecified atom stereocenters. The molecule has 3 aromatic heterocycles. The second-order valence-electron chi connectivity index (χ2n) is 8.45. The van der Waals surface area contributed by atoms with Crippen LogP contribution in [-0.4, -0.2) is 20.7 Å². The van der Waals surface area contributed by atoms with Crippen molar-refractivity contribution in [2.45, 2.75) is 69.8 Å². The highest BCUT2D eigenvalue weighted by molar-refractivity contribution is 8.00. The molecular formula is C23H26N4O2S3. The Kier molecular flexibility index (Phi) is 7.03. The topological polar surface area (TPSA) is 87.8 Å². The van der Waals surface area contributed by atoms with Crippen molar-refractivity contribution in [1.29, 1.82) is 5.26 Å². The Morgan fingerprint density at radius 2 is 2.12 bits per heavy atom. The van der Waals surface area contributed by atoms with Gasteiger partial charge in [0.15, 0.2) is 5.16 Å². The Bertz CT molecular complexity index is 1250. The molecule has 0 aromatic carbocycles. The van der Waals surface area contributed by atoms with Gasteiger partial charge in [0.1, 0.15) is 15.9 Å². The van der Waals surface area contributed by atoms with E-state index in [4.69, 9.17) is 4.98 Å². The SMILES string of the molecule is CC(C)CCn1c(SC(C)C(=O)Nc2sccc2C#N)nc2sc3c(c2c1=O)CCCC3. The van der Waals surface area contributed by atoms with E-state index in [2.05, 4.69) is 25.2 Å². The number of anilines is 1. The summed E-state index contributed by atoms with van der Waals surface area (Å²) in [6, 6.07) is 3.78. The molecule has 0 spiro atoms. The summed E-state index contributed by atoms with van der Waals surface area (Å²) >= 11 is 4.27. The summed E-state index contributed by atoms with van der Waals surface area (Å²) in [4.78, 5) is 33.4. The minimum Gasteiger partial charge on any atom is -0.316 e. The Balaban J connectivity index is 1.67. The molecule has 3 heterocycles. The van der Waals surface area contributed by atoms with Crippen LogP contribution in [0.25, 0.3) is 10.2 Å². The lowest BCUT2D eigenvalue weighted by atomic mass is 9.97. The number of carbonyl (C=O) groups is 1. The molecule has 1 N–H and O–H groups in total. The predicted molar refractivity (Wildman–Crippen MR) is 133 cm³/mol. The minimum absolute atomic E-state index is 0.0233. The van der Waals surface area contributed by atoms with Crippen molar-refractivity contribution in [1.82, 2.24) is 9.55 Å². The number of hydrogen-bond donors (Lipinski definition) is 1. The highest BCUT2D eigenvalue weighted by atomic mass is 32.2. The van der Waals surface area contributed by atoms with Crippen molar-refractivity contribution in [3.8, 4) is 6.07 Å². The van der Waals surface area contributed by atoms with Crippen molar-refractivity contribution in [3.63, 3.8) is 0 Å². The Labute approximate surface area is 199 Å². The molecule has 3 aromatic rings. The zero-order valence-electron chi connectivity index (χ0n) is 18.4. The molecule has 0 fully saturated rings. The first-order valence-electron chi connectivity index (χ1n) is 10.9. The molecule has 1 aliphatic rings. The van der Waals surface area contributed by atoms with Crippen LogP contribution >= 0.6 is 34.4 Å². The van der Waals surface area contributed by atoms with Crippen LogP contribution in [0.15, 0.2) is 21.4 Å². The summed E-state index contributed by atoms with van der Waals surface area (Å²) < 4.78 is 1.77. The van der Waals surface area contributed by atoms with Crippen LogP contribution < -0.4 is 10.9 Å². The number of rotatable bonds is 7. The van der Waals surface area contributed by atoms with Crippen molar-refractivity contribution < 1.29 is 4.79 Å². The van der Waals surface area contributed by atoms with E-state index in [-0.39, 0.29) is 11.5 Å². The number of aromatic nitrogens is 2. The molecule has 4 rings (SSSR count). The molecule has 0 bridgehead atoms. The highest BCUT2D eigenvalue weighted by Crippen LogP contribution is 2.35. The minimum atomic E-state index is -0.465. The third-order valence-corrected chi connectivity index (χ3v) is 8.75. The smallest absolute Gasteiger partial charge is 0.263 e. The molecule has 1 amide bonds. The van der Waals surface area contributed by atoms with Gasteiger partial charge in [0.05, 0.1) is 16.2 Å². The van der Waals surface area contributed by atoms with Gasteiger partial charge in [-0.25, -0.2) is 4.98 Å². The lowest BCUT2D eigenvalue weighted by Crippen LogP contribution is -2.27. The molecule has 9 heteroatoms. The van der Waals surface area contributed by atoms with Gasteiger partial charge < -0.3 is 5.32 Å². The first kappa shape index (κ1) is 23.0. The van der Waals surface area contributed by atoms with Crippen molar-refractivity contribution >= 4 is 55.6 Å². The number of thiophene rings is 2. The van der Waals surface area contributed by atoms with E-state index in [1.165, 1.54) is 33.5 Å². The molecule has 168 valence electrons. The van der Waals surface area contributed by atoms with Crippen molar-refractivity contribution in [2.24, 2.45) is 5.92 Å². The van der Waals surface area contributed by atoms with Crippen LogP contribution in [-0.2, 0) is 24.2 Å². The number of hydrogen-bond acceptors (Lipinski definition) is 7. The monoisotopic (exact) mass is 486 g/mol. The third-order valence-electron chi connectivity index (χ3n) is 5.64. The van der Waals surface area contributed by atoms with Crippen molar-refractivity contribution in [2.75, 3.05) is 5.32 Å². The summed E-state index contributed by atoms with van der Waals surface area (Å²) in [5.41, 5.74) is 1.67. The second kappa shape index (κ2) is 9.77. The molecule has 32 heavy (non-hydrogen) atoms. The van der Waals surface area contributed by atoms with Gasteiger partial charge in [-0.05, 0) is 62.0 Å². The summed E-state index contributed by atoms with van der Waals surface area (Å²) in [5, 5.41) is 15.3. The number of nitriles is 1. The average Bonchev–Trinajstić information content (AvgIpc) is 3.36. The second-order valence-corrected chi connectivity index (χ2v) is 11.8. The highest BCUT2D eigenvalue weighted by Gasteiger charge is 2.25. The molecule has 6 nitrogen and oxygen atoms in total. The van der Waals surface area contributed by atoms with E-state index in [1.807, 2.05) is 6.92 Å². The van der Waals surface area contributed by atoms with Gasteiger partial charge in [0.25, 0.3) is 5.56 Å². The van der Waals surface area contributed by atoms with Crippen molar-refractivity contribution in [3.05, 3.63) is 37.8 Å². The van der Waals surface area contributed by atoms with Gasteiger partial charge in [-0.15, -0.1) is 22.7 Å². The molecule has 0 saturated heterocycles. The number of nitrogens with zero attached hydrogens (tertiary/aromatic N) is 3. The number of nitrogens with one attached hydrogen (secondary N) is 1. The quantitative estimate of drug-likeness (QED) is 0.355. The normalized spacial score (nSPS) is 14.3. The summed E-state index contributed by atoms with van der Waals surface area (Å²) in [6.07, 6.45) is 5.11. The van der Waals surface area contributed by atoms with Gasteiger partial charge in [-0.3, -0.25) is 14.2 Å². The zero-order chi connectivity index (χ0) is 22.8. The largest absolute Gasteiger partial charge is 0.316 e. The number of thioether (sulfide) groups is 1. The zero-order valence-corrected chi connectivity index (χ0v) is 20.9. The number of fused-ring (bicyclic) bond motifs is 3. The summed E-state index contributed by atoms with van der Waals surface area (Å²) in [5.74, 6) is 0.250. The average molecular weight is 487 g/mol. The van der Waals surface area contributed by atoms with Crippen LogP contribution in [0.1, 0.15) is 56.0 Å². The van der Waals surface area contributed by atoms with Gasteiger partial charge in [-0.1, -0.05) is 25.6 Å². The molecular weight excluding hydrogens is 460 g/mol. The maximum Gasteiger partial charge on any atom is 0.263 e. The van der Waals surface area contributed by atoms with Crippen LogP contribution in [0.2, 0.25) is 0 Å². The van der Waals surface area contributed by atoms with E-state index in [0.717, 1.165) is 42.3 Å². The number of carbonyl (C=O) groups excluding carboxylic acids is 1. The van der Waals surface area contributed by atoms with Crippen LogP contribution in [0.3, 0.4) is 0 Å². The standard InChI is InChI=1S/C23H26N4O2S3/c1-13(2)8-10-27-22(29)18-16-6-4-5-7-17(16)32-21(18)26-23(27)31-14(3)19(28)25-20-15(12-24)9-11-30-20/h9,11,13-14H,4-8,10H2,1-3H3,(H,25,28). The molecule has 0 radical (unpaired) electrons. The molecule has 0 saturated carbocycles.